The topological polar surface area (TPSA) is 72.9 Å². The maximum Gasteiger partial charge on any atom is 0.237 e. The number of carbonyl (C=O) groups excluding carboxylic acids is 1. The molecule has 0 aliphatic heterocycles. The highest BCUT2D eigenvalue weighted by Crippen LogP contribution is 2.14. The molecule has 29 heavy (non-hydrogen) atoms. The van der Waals surface area contributed by atoms with Crippen molar-refractivity contribution in [2.75, 3.05) is 6.54 Å². The lowest BCUT2D eigenvalue weighted by molar-refractivity contribution is -0.122. The minimum absolute atomic E-state index is 0. The molecule has 3 rings (SSSR count). The Morgan fingerprint density at radius 2 is 1.93 bits per heavy atom. The maximum atomic E-state index is 12.3. The third kappa shape index (κ3) is 8.19. The molecule has 5 nitrogen and oxygen atoms in total. The van der Waals surface area contributed by atoms with Crippen LogP contribution in [-0.2, 0) is 24.2 Å². The van der Waals surface area contributed by atoms with Crippen LogP contribution >= 0.6 is 36.2 Å². The molecule has 1 unspecified atom stereocenters. The van der Waals surface area contributed by atoms with Crippen molar-refractivity contribution in [3.05, 3.63) is 76.5 Å². The van der Waals surface area contributed by atoms with Gasteiger partial charge in [-0.3, -0.25) is 4.79 Å². The van der Waals surface area contributed by atoms with Gasteiger partial charge in [-0.25, -0.2) is 4.98 Å². The number of rotatable bonds is 9. The lowest BCUT2D eigenvalue weighted by atomic mass is 10.1. The van der Waals surface area contributed by atoms with E-state index in [1.165, 1.54) is 10.4 Å². The molecule has 8 heteroatoms. The number of imidazole rings is 1. The molecule has 2 aromatic heterocycles. The van der Waals surface area contributed by atoms with Gasteiger partial charge in [0.25, 0.3) is 0 Å². The highest BCUT2D eigenvalue weighted by molar-refractivity contribution is 7.09. The SMILES string of the molecule is CC(CNC(=O)[C@@H](N)Cc1cn(Cc2ccccc2)cn1)Cc1cccs1.Cl.Cl. The standard InChI is InChI=1S/C21H26N4OS.2ClH/c1-16(10-19-8-5-9-27-19)12-23-21(26)20(22)11-18-14-25(15-24-18)13-17-6-3-2-4-7-17;;/h2-9,14-16,20H,10-13,22H2,1H3,(H,23,26);2*1H/t16?,20-;;/m0../s1. The van der Waals surface area contributed by atoms with Crippen molar-refractivity contribution in [2.24, 2.45) is 11.7 Å². The molecular weight excluding hydrogens is 427 g/mol. The van der Waals surface area contributed by atoms with Gasteiger partial charge in [0, 0.05) is 30.6 Å². The third-order valence-corrected chi connectivity index (χ3v) is 5.31. The van der Waals surface area contributed by atoms with Crippen LogP contribution in [0.3, 0.4) is 0 Å². The van der Waals surface area contributed by atoms with Gasteiger partial charge >= 0.3 is 0 Å². The Balaban J connectivity index is 0.00000210. The van der Waals surface area contributed by atoms with E-state index in [4.69, 9.17) is 5.73 Å². The lowest BCUT2D eigenvalue weighted by Crippen LogP contribution is -2.43. The highest BCUT2D eigenvalue weighted by Gasteiger charge is 2.16. The van der Waals surface area contributed by atoms with Crippen LogP contribution in [0.15, 0.2) is 60.4 Å². The quantitative estimate of drug-likeness (QED) is 0.517. The van der Waals surface area contributed by atoms with E-state index in [-0.39, 0.29) is 30.7 Å². The van der Waals surface area contributed by atoms with Crippen LogP contribution in [0.4, 0.5) is 0 Å². The van der Waals surface area contributed by atoms with Gasteiger partial charge in [0.15, 0.2) is 0 Å². The first-order valence-corrected chi connectivity index (χ1v) is 10.1. The fraction of sp³-hybridized carbons (Fsp3) is 0.333. The van der Waals surface area contributed by atoms with E-state index in [1.54, 1.807) is 17.7 Å². The van der Waals surface area contributed by atoms with Crippen molar-refractivity contribution in [2.45, 2.75) is 32.4 Å². The van der Waals surface area contributed by atoms with Gasteiger partial charge in [0.05, 0.1) is 18.1 Å². The molecule has 0 saturated carbocycles. The minimum Gasteiger partial charge on any atom is -0.354 e. The molecule has 158 valence electrons. The number of halogens is 2. The molecule has 3 aromatic rings. The van der Waals surface area contributed by atoms with E-state index in [1.807, 2.05) is 29.0 Å². The summed E-state index contributed by atoms with van der Waals surface area (Å²) in [4.78, 5) is 18.0. The second-order valence-corrected chi connectivity index (χ2v) is 8.00. The van der Waals surface area contributed by atoms with Crippen LogP contribution in [0.25, 0.3) is 0 Å². The van der Waals surface area contributed by atoms with Crippen molar-refractivity contribution in [1.82, 2.24) is 14.9 Å². The zero-order chi connectivity index (χ0) is 19.1. The highest BCUT2D eigenvalue weighted by atomic mass is 35.5. The number of nitrogens with one attached hydrogen (secondary N) is 1. The van der Waals surface area contributed by atoms with E-state index < -0.39 is 6.04 Å². The summed E-state index contributed by atoms with van der Waals surface area (Å²) in [6, 6.07) is 13.8. The summed E-state index contributed by atoms with van der Waals surface area (Å²) in [5.74, 6) is 0.260. The van der Waals surface area contributed by atoms with Crippen LogP contribution < -0.4 is 11.1 Å². The Hall–Kier alpha value is -1.86. The van der Waals surface area contributed by atoms with Gasteiger partial charge in [-0.1, -0.05) is 43.3 Å². The molecule has 2 heterocycles. The summed E-state index contributed by atoms with van der Waals surface area (Å²) >= 11 is 1.75. The number of benzene rings is 1. The number of hydrogen-bond acceptors (Lipinski definition) is 4. The second-order valence-electron chi connectivity index (χ2n) is 6.97. The largest absolute Gasteiger partial charge is 0.354 e. The molecule has 0 aliphatic carbocycles. The van der Waals surface area contributed by atoms with E-state index in [2.05, 4.69) is 46.9 Å². The normalized spacial score (nSPS) is 12.3. The van der Waals surface area contributed by atoms with E-state index in [9.17, 15) is 4.79 Å². The summed E-state index contributed by atoms with van der Waals surface area (Å²) in [6.07, 6.45) is 5.15. The second kappa shape index (κ2) is 12.6. The van der Waals surface area contributed by atoms with Gasteiger partial charge in [-0.05, 0) is 29.3 Å². The van der Waals surface area contributed by atoms with E-state index >= 15 is 0 Å². The molecule has 3 N–H and O–H groups in total. The summed E-state index contributed by atoms with van der Waals surface area (Å²) in [7, 11) is 0. The summed E-state index contributed by atoms with van der Waals surface area (Å²) in [6.45, 7) is 3.53. The summed E-state index contributed by atoms with van der Waals surface area (Å²) in [5.41, 5.74) is 8.12. The Bertz CT molecular complexity index is 840. The lowest BCUT2D eigenvalue weighted by Gasteiger charge is -2.15. The van der Waals surface area contributed by atoms with Crippen LogP contribution in [-0.4, -0.2) is 28.0 Å². The molecule has 1 amide bonds. The van der Waals surface area contributed by atoms with Gasteiger partial charge in [0.2, 0.25) is 5.91 Å². The number of hydrogen-bond donors (Lipinski definition) is 2. The smallest absolute Gasteiger partial charge is 0.237 e. The number of carbonyl (C=O) groups is 1. The average Bonchev–Trinajstić information content (AvgIpc) is 3.32. The maximum absolute atomic E-state index is 12.3. The summed E-state index contributed by atoms with van der Waals surface area (Å²) in [5, 5.41) is 5.04. The number of thiophene rings is 1. The molecule has 0 aliphatic rings. The third-order valence-electron chi connectivity index (χ3n) is 4.42. The van der Waals surface area contributed by atoms with Gasteiger partial charge in [-0.2, -0.15) is 0 Å². The van der Waals surface area contributed by atoms with Gasteiger partial charge in [0.1, 0.15) is 0 Å². The number of amides is 1. The molecular formula is C21H28Cl2N4OS. The Kier molecular flexibility index (Phi) is 11.0. The summed E-state index contributed by atoms with van der Waals surface area (Å²) < 4.78 is 2.01. The predicted octanol–water partition coefficient (Wildman–Crippen LogP) is 3.70. The molecule has 1 aromatic carbocycles. The van der Waals surface area contributed by atoms with Crippen molar-refractivity contribution >= 4 is 42.1 Å². The van der Waals surface area contributed by atoms with Crippen LogP contribution in [0.1, 0.15) is 23.1 Å². The fourth-order valence-electron chi connectivity index (χ4n) is 2.96. The first-order valence-electron chi connectivity index (χ1n) is 9.20. The van der Waals surface area contributed by atoms with Crippen molar-refractivity contribution in [3.63, 3.8) is 0 Å². The van der Waals surface area contributed by atoms with E-state index in [0.29, 0.717) is 18.9 Å². The molecule has 0 spiro atoms. The van der Waals surface area contributed by atoms with Crippen molar-refractivity contribution in [1.29, 1.82) is 0 Å². The molecule has 0 saturated heterocycles. The zero-order valence-electron chi connectivity index (χ0n) is 16.4. The Labute approximate surface area is 188 Å². The monoisotopic (exact) mass is 454 g/mol. The van der Waals surface area contributed by atoms with Crippen LogP contribution in [0.5, 0.6) is 0 Å². The van der Waals surface area contributed by atoms with Crippen LogP contribution in [0.2, 0.25) is 0 Å². The molecule has 0 fully saturated rings. The van der Waals surface area contributed by atoms with Gasteiger partial charge < -0.3 is 15.6 Å². The van der Waals surface area contributed by atoms with E-state index in [0.717, 1.165) is 18.7 Å². The Morgan fingerprint density at radius 1 is 1.17 bits per heavy atom. The number of aromatic nitrogens is 2. The van der Waals surface area contributed by atoms with Crippen molar-refractivity contribution < 1.29 is 4.79 Å². The average molecular weight is 455 g/mol. The minimum atomic E-state index is -0.584. The fourth-order valence-corrected chi connectivity index (χ4v) is 3.83. The number of nitrogens with two attached hydrogens (primary N) is 1. The van der Waals surface area contributed by atoms with Gasteiger partial charge in [-0.15, -0.1) is 36.2 Å². The van der Waals surface area contributed by atoms with Crippen molar-refractivity contribution in [3.8, 4) is 0 Å². The number of nitrogens with zero attached hydrogens (tertiary/aromatic N) is 2. The first kappa shape index (κ1) is 25.2. The zero-order valence-corrected chi connectivity index (χ0v) is 18.8. The van der Waals surface area contributed by atoms with Crippen LogP contribution in [0, 0.1) is 5.92 Å². The molecule has 0 bridgehead atoms. The molecule has 2 atom stereocenters. The Morgan fingerprint density at radius 3 is 2.62 bits per heavy atom. The first-order chi connectivity index (χ1) is 13.1. The predicted molar refractivity (Wildman–Crippen MR) is 124 cm³/mol. The molecule has 0 radical (unpaired) electrons.